The first kappa shape index (κ1) is 16.9. The molecule has 1 aromatic heterocycles. The second-order valence-electron chi connectivity index (χ2n) is 5.71. The molecule has 118 valence electrons. The van der Waals surface area contributed by atoms with Gasteiger partial charge in [0.05, 0.1) is 4.92 Å². The van der Waals surface area contributed by atoms with Crippen LogP contribution in [0.15, 0.2) is 12.4 Å². The number of amides is 1. The third-order valence-electron chi connectivity index (χ3n) is 2.56. The molecule has 1 aromatic rings. The Balaban J connectivity index is 2.09. The highest BCUT2D eigenvalue weighted by Gasteiger charge is 2.15. The molecule has 1 heterocycles. The molecule has 0 aliphatic carbocycles. The molecule has 1 rings (SSSR count). The lowest BCUT2D eigenvalue weighted by atomic mass is 10.2. The van der Waals surface area contributed by atoms with E-state index < -0.39 is 16.6 Å². The molecule has 0 radical (unpaired) electrons. The summed E-state index contributed by atoms with van der Waals surface area (Å²) in [6, 6.07) is 0. The van der Waals surface area contributed by atoms with E-state index >= 15 is 0 Å². The number of alkyl carbamates (subject to hydrolysis) is 1. The van der Waals surface area contributed by atoms with Crippen molar-refractivity contribution in [3.63, 3.8) is 0 Å². The van der Waals surface area contributed by atoms with Crippen molar-refractivity contribution in [1.82, 2.24) is 15.1 Å². The van der Waals surface area contributed by atoms with E-state index in [2.05, 4.69) is 10.4 Å². The van der Waals surface area contributed by atoms with Crippen LogP contribution in [-0.4, -0.2) is 32.9 Å². The minimum atomic E-state index is -0.487. The van der Waals surface area contributed by atoms with E-state index in [1.807, 2.05) is 20.8 Å². The Morgan fingerprint density at radius 3 is 2.71 bits per heavy atom. The average Bonchev–Trinajstić information content (AvgIpc) is 2.80. The highest BCUT2D eigenvalue weighted by atomic mass is 16.6. The van der Waals surface area contributed by atoms with Crippen LogP contribution in [0.25, 0.3) is 0 Å². The Morgan fingerprint density at radius 1 is 1.43 bits per heavy atom. The SMILES string of the molecule is CC(C)(C)OC(=O)NCCCCCn1cc([N+](=O)[O-])cn1. The van der Waals surface area contributed by atoms with E-state index in [4.69, 9.17) is 4.74 Å². The Labute approximate surface area is 123 Å². The van der Waals surface area contributed by atoms with Crippen molar-refractivity contribution in [2.45, 2.75) is 52.2 Å². The van der Waals surface area contributed by atoms with Gasteiger partial charge in [0.2, 0.25) is 0 Å². The van der Waals surface area contributed by atoms with Crippen LogP contribution < -0.4 is 5.32 Å². The number of carbonyl (C=O) groups is 1. The Hall–Kier alpha value is -2.12. The molecule has 1 amide bonds. The van der Waals surface area contributed by atoms with E-state index in [0.717, 1.165) is 19.3 Å². The Morgan fingerprint density at radius 2 is 2.14 bits per heavy atom. The van der Waals surface area contributed by atoms with Crippen molar-refractivity contribution in [2.75, 3.05) is 6.54 Å². The monoisotopic (exact) mass is 298 g/mol. The summed E-state index contributed by atoms with van der Waals surface area (Å²) >= 11 is 0. The zero-order valence-electron chi connectivity index (χ0n) is 12.7. The largest absolute Gasteiger partial charge is 0.444 e. The van der Waals surface area contributed by atoms with Gasteiger partial charge in [0.1, 0.15) is 18.0 Å². The smallest absolute Gasteiger partial charge is 0.407 e. The molecule has 8 heteroatoms. The van der Waals surface area contributed by atoms with Gasteiger partial charge in [-0.25, -0.2) is 4.79 Å². The quantitative estimate of drug-likeness (QED) is 0.473. The standard InChI is InChI=1S/C13H22N4O4/c1-13(2,3)21-12(18)14-7-5-4-6-8-16-10-11(9-15-16)17(19)20/h9-10H,4-8H2,1-3H3,(H,14,18). The predicted molar refractivity (Wildman–Crippen MR) is 77.0 cm³/mol. The fourth-order valence-corrected chi connectivity index (χ4v) is 1.65. The van der Waals surface area contributed by atoms with Crippen molar-refractivity contribution in [1.29, 1.82) is 0 Å². The van der Waals surface area contributed by atoms with Crippen LogP contribution in [0.2, 0.25) is 0 Å². The zero-order valence-corrected chi connectivity index (χ0v) is 12.7. The van der Waals surface area contributed by atoms with Crippen LogP contribution >= 0.6 is 0 Å². The number of rotatable bonds is 7. The summed E-state index contributed by atoms with van der Waals surface area (Å²) in [5, 5.41) is 17.1. The van der Waals surface area contributed by atoms with Crippen molar-refractivity contribution in [2.24, 2.45) is 0 Å². The molecular weight excluding hydrogens is 276 g/mol. The number of nitrogens with one attached hydrogen (secondary N) is 1. The minimum Gasteiger partial charge on any atom is -0.444 e. The molecule has 0 atom stereocenters. The number of hydrogen-bond donors (Lipinski definition) is 1. The van der Waals surface area contributed by atoms with Crippen LogP contribution in [0.1, 0.15) is 40.0 Å². The average molecular weight is 298 g/mol. The van der Waals surface area contributed by atoms with Gasteiger partial charge >= 0.3 is 11.8 Å². The number of ether oxygens (including phenoxy) is 1. The van der Waals surface area contributed by atoms with Crippen molar-refractivity contribution in [3.05, 3.63) is 22.5 Å². The third kappa shape index (κ3) is 7.28. The maximum absolute atomic E-state index is 11.4. The highest BCUT2D eigenvalue weighted by Crippen LogP contribution is 2.09. The van der Waals surface area contributed by atoms with Gasteiger partial charge in [-0.05, 0) is 40.0 Å². The summed E-state index contributed by atoms with van der Waals surface area (Å²) < 4.78 is 6.67. The van der Waals surface area contributed by atoms with Gasteiger partial charge in [0.25, 0.3) is 0 Å². The van der Waals surface area contributed by atoms with Crippen molar-refractivity contribution >= 4 is 11.8 Å². The first-order valence-corrected chi connectivity index (χ1v) is 6.91. The summed E-state index contributed by atoms with van der Waals surface area (Å²) in [6.45, 7) is 6.62. The van der Waals surface area contributed by atoms with Gasteiger partial charge in [0.15, 0.2) is 0 Å². The summed E-state index contributed by atoms with van der Waals surface area (Å²) in [5.41, 5.74) is -0.486. The van der Waals surface area contributed by atoms with Gasteiger partial charge in [-0.1, -0.05) is 0 Å². The van der Waals surface area contributed by atoms with Crippen LogP contribution in [0, 0.1) is 10.1 Å². The molecule has 8 nitrogen and oxygen atoms in total. The first-order valence-electron chi connectivity index (χ1n) is 6.91. The van der Waals surface area contributed by atoms with Crippen molar-refractivity contribution < 1.29 is 14.5 Å². The third-order valence-corrected chi connectivity index (χ3v) is 2.56. The van der Waals surface area contributed by atoms with Crippen LogP contribution in [0.5, 0.6) is 0 Å². The van der Waals surface area contributed by atoms with Crippen molar-refractivity contribution in [3.8, 4) is 0 Å². The van der Waals surface area contributed by atoms with Gasteiger partial charge < -0.3 is 10.1 Å². The molecule has 21 heavy (non-hydrogen) atoms. The van der Waals surface area contributed by atoms with Crippen LogP contribution in [-0.2, 0) is 11.3 Å². The molecule has 0 unspecified atom stereocenters. The van der Waals surface area contributed by atoms with E-state index in [0.29, 0.717) is 13.1 Å². The first-order chi connectivity index (χ1) is 9.78. The van der Waals surface area contributed by atoms with Gasteiger partial charge in [-0.3, -0.25) is 14.8 Å². The highest BCUT2D eigenvalue weighted by molar-refractivity contribution is 5.67. The van der Waals surface area contributed by atoms with E-state index in [1.54, 1.807) is 4.68 Å². The van der Waals surface area contributed by atoms with E-state index in [1.165, 1.54) is 12.4 Å². The molecular formula is C13H22N4O4. The number of nitrogens with zero attached hydrogens (tertiary/aromatic N) is 3. The van der Waals surface area contributed by atoms with E-state index in [9.17, 15) is 14.9 Å². The van der Waals surface area contributed by atoms with Gasteiger partial charge in [0, 0.05) is 13.1 Å². The molecule has 0 aromatic carbocycles. The van der Waals surface area contributed by atoms with Crippen LogP contribution in [0.3, 0.4) is 0 Å². The second-order valence-corrected chi connectivity index (χ2v) is 5.71. The minimum absolute atomic E-state index is 0.00147. The molecule has 0 bridgehead atoms. The van der Waals surface area contributed by atoms with Gasteiger partial charge in [-0.2, -0.15) is 5.10 Å². The number of aromatic nitrogens is 2. The van der Waals surface area contributed by atoms with Gasteiger partial charge in [-0.15, -0.1) is 0 Å². The lowest BCUT2D eigenvalue weighted by Crippen LogP contribution is -2.33. The predicted octanol–water partition coefficient (Wildman–Crippen LogP) is 2.49. The summed E-state index contributed by atoms with van der Waals surface area (Å²) in [5.74, 6) is 0. The number of hydrogen-bond acceptors (Lipinski definition) is 5. The fourth-order valence-electron chi connectivity index (χ4n) is 1.65. The molecule has 0 aliphatic rings. The maximum atomic E-state index is 11.4. The Kier molecular flexibility index (Phi) is 6.13. The topological polar surface area (TPSA) is 99.3 Å². The Bertz CT molecular complexity index is 479. The summed E-state index contributed by atoms with van der Waals surface area (Å²) in [6.07, 6.45) is 4.80. The number of unbranched alkanes of at least 4 members (excludes halogenated alkanes) is 2. The molecule has 0 saturated carbocycles. The molecule has 0 fully saturated rings. The lowest BCUT2D eigenvalue weighted by Gasteiger charge is -2.19. The zero-order chi connectivity index (χ0) is 15.9. The maximum Gasteiger partial charge on any atom is 0.407 e. The second kappa shape index (κ2) is 7.61. The van der Waals surface area contributed by atoms with E-state index in [-0.39, 0.29) is 5.69 Å². The molecule has 0 saturated heterocycles. The summed E-state index contributed by atoms with van der Waals surface area (Å²) in [4.78, 5) is 21.4. The lowest BCUT2D eigenvalue weighted by molar-refractivity contribution is -0.385. The number of carbonyl (C=O) groups excluding carboxylic acids is 1. The normalized spacial score (nSPS) is 11.2. The molecule has 1 N–H and O–H groups in total. The molecule has 0 spiro atoms. The number of nitro groups is 1. The number of aryl methyl sites for hydroxylation is 1. The summed E-state index contributed by atoms with van der Waals surface area (Å²) in [7, 11) is 0. The fraction of sp³-hybridized carbons (Fsp3) is 0.692. The van der Waals surface area contributed by atoms with Crippen LogP contribution in [0.4, 0.5) is 10.5 Å². The molecule has 0 aliphatic heterocycles.